The molecule has 9 heteroatoms. The third-order valence-electron chi connectivity index (χ3n) is 3.63. The number of para-hydroxylation sites is 1. The van der Waals surface area contributed by atoms with Crippen molar-refractivity contribution in [2.75, 3.05) is 7.05 Å². The van der Waals surface area contributed by atoms with Gasteiger partial charge in [-0.2, -0.15) is 4.68 Å². The molecule has 0 saturated heterocycles. The minimum Gasteiger partial charge on any atom is -0.336 e. The van der Waals surface area contributed by atoms with Crippen molar-refractivity contribution in [3.8, 4) is 5.69 Å². The highest BCUT2D eigenvalue weighted by molar-refractivity contribution is 6.30. The van der Waals surface area contributed by atoms with E-state index in [2.05, 4.69) is 15.5 Å². The summed E-state index contributed by atoms with van der Waals surface area (Å²) >= 11 is 6.03. The zero-order valence-electron chi connectivity index (χ0n) is 12.7. The summed E-state index contributed by atoms with van der Waals surface area (Å²) in [6, 6.07) is 13.2. The molecule has 0 saturated carbocycles. The zero-order chi connectivity index (χ0) is 17.1. The van der Waals surface area contributed by atoms with E-state index >= 15 is 0 Å². The lowest BCUT2D eigenvalue weighted by Crippen LogP contribution is -2.81. The number of nitrogens with two attached hydrogens (primary N) is 1. The molecule has 0 bridgehead atoms. The predicted octanol–water partition coefficient (Wildman–Crippen LogP) is 1.51. The van der Waals surface area contributed by atoms with Gasteiger partial charge in [0.15, 0.2) is 6.04 Å². The summed E-state index contributed by atoms with van der Waals surface area (Å²) in [5, 5.41) is 25.5. The lowest BCUT2D eigenvalue weighted by Gasteiger charge is -2.13. The smallest absolute Gasteiger partial charge is 0.279 e. The fraction of sp³-hybridized carbons (Fsp3) is 0.133. The first kappa shape index (κ1) is 16.0. The Morgan fingerprint density at radius 3 is 2.75 bits per heavy atom. The summed E-state index contributed by atoms with van der Waals surface area (Å²) in [4.78, 5) is 10.9. The van der Waals surface area contributed by atoms with Gasteiger partial charge < -0.3 is 5.32 Å². The first-order valence-corrected chi connectivity index (χ1v) is 7.56. The van der Waals surface area contributed by atoms with Crippen LogP contribution in [0.15, 0.2) is 48.5 Å². The first-order valence-electron chi connectivity index (χ1n) is 7.19. The third-order valence-corrected chi connectivity index (χ3v) is 3.86. The van der Waals surface area contributed by atoms with Crippen molar-refractivity contribution in [1.82, 2.24) is 20.2 Å². The number of rotatable bonds is 5. The molecule has 24 heavy (non-hydrogen) atoms. The molecule has 0 aliphatic heterocycles. The van der Waals surface area contributed by atoms with E-state index in [-0.39, 0.29) is 5.69 Å². The number of aromatic nitrogens is 4. The van der Waals surface area contributed by atoms with Gasteiger partial charge in [0.05, 0.1) is 23.2 Å². The first-order chi connectivity index (χ1) is 11.6. The number of tetrazole rings is 1. The maximum atomic E-state index is 11.3. The number of nitro benzene ring substituents is 1. The van der Waals surface area contributed by atoms with E-state index in [9.17, 15) is 10.1 Å². The van der Waals surface area contributed by atoms with E-state index in [1.54, 1.807) is 36.4 Å². The van der Waals surface area contributed by atoms with Gasteiger partial charge in [-0.05, 0) is 34.7 Å². The molecule has 0 aliphatic rings. The van der Waals surface area contributed by atoms with E-state index < -0.39 is 11.0 Å². The van der Waals surface area contributed by atoms with Gasteiger partial charge in [-0.3, -0.25) is 10.1 Å². The number of hydrogen-bond acceptors (Lipinski definition) is 5. The van der Waals surface area contributed by atoms with Crippen molar-refractivity contribution >= 4 is 17.3 Å². The Labute approximate surface area is 142 Å². The molecule has 3 rings (SSSR count). The Hall–Kier alpha value is -2.84. The van der Waals surface area contributed by atoms with Crippen LogP contribution in [-0.4, -0.2) is 32.2 Å². The molecule has 2 aromatic carbocycles. The molecule has 0 fully saturated rings. The second kappa shape index (κ2) is 6.73. The van der Waals surface area contributed by atoms with Crippen molar-refractivity contribution in [3.63, 3.8) is 0 Å². The Morgan fingerprint density at radius 2 is 2.04 bits per heavy atom. The van der Waals surface area contributed by atoms with Crippen molar-refractivity contribution < 1.29 is 10.2 Å². The van der Waals surface area contributed by atoms with E-state index in [0.717, 1.165) is 0 Å². The van der Waals surface area contributed by atoms with E-state index in [4.69, 9.17) is 11.6 Å². The standard InChI is InChI=1S/C15H13ClN6O2/c1-17-14(12-7-2-3-8-13(12)22(23)24)15-18-19-20-21(15)11-6-4-5-10(16)9-11/h2-9,14,17H,1H3/p+1/t14-/m0/s1. The van der Waals surface area contributed by atoms with Crippen LogP contribution in [0.25, 0.3) is 5.69 Å². The van der Waals surface area contributed by atoms with E-state index in [0.29, 0.717) is 22.1 Å². The predicted molar refractivity (Wildman–Crippen MR) is 87.0 cm³/mol. The zero-order valence-corrected chi connectivity index (χ0v) is 13.5. The fourth-order valence-corrected chi connectivity index (χ4v) is 2.75. The van der Waals surface area contributed by atoms with Crippen molar-refractivity contribution in [3.05, 3.63) is 75.1 Å². The quantitative estimate of drug-likeness (QED) is 0.557. The Morgan fingerprint density at radius 1 is 1.25 bits per heavy atom. The number of quaternary nitrogens is 1. The number of benzene rings is 2. The summed E-state index contributed by atoms with van der Waals surface area (Å²) in [7, 11) is 1.82. The minimum absolute atomic E-state index is 0.0289. The Bertz CT molecular complexity index is 882. The van der Waals surface area contributed by atoms with Crippen molar-refractivity contribution in [2.24, 2.45) is 0 Å². The van der Waals surface area contributed by atoms with Crippen LogP contribution in [0.3, 0.4) is 0 Å². The minimum atomic E-state index is -0.430. The molecular weight excluding hydrogens is 332 g/mol. The highest BCUT2D eigenvalue weighted by atomic mass is 35.5. The fourth-order valence-electron chi connectivity index (χ4n) is 2.56. The molecule has 0 unspecified atom stereocenters. The third kappa shape index (κ3) is 2.97. The largest absolute Gasteiger partial charge is 0.336 e. The van der Waals surface area contributed by atoms with Gasteiger partial charge in [0.1, 0.15) is 0 Å². The summed E-state index contributed by atoms with van der Waals surface area (Å²) in [5.41, 5.74) is 1.25. The average Bonchev–Trinajstić information content (AvgIpc) is 3.05. The highest BCUT2D eigenvalue weighted by Gasteiger charge is 2.30. The van der Waals surface area contributed by atoms with Gasteiger partial charge in [-0.25, -0.2) is 0 Å². The molecule has 1 aromatic heterocycles. The molecule has 2 N–H and O–H groups in total. The molecular formula is C15H14ClN6O2+. The molecule has 0 amide bonds. The topological polar surface area (TPSA) is 103 Å². The lowest BCUT2D eigenvalue weighted by atomic mass is 10.0. The van der Waals surface area contributed by atoms with Crippen LogP contribution in [-0.2, 0) is 0 Å². The Kier molecular flexibility index (Phi) is 4.50. The van der Waals surface area contributed by atoms with Gasteiger partial charge in [0.2, 0.25) is 5.82 Å². The average molecular weight is 346 g/mol. The maximum Gasteiger partial charge on any atom is 0.279 e. The lowest BCUT2D eigenvalue weighted by molar-refractivity contribution is -0.662. The maximum absolute atomic E-state index is 11.3. The molecule has 0 spiro atoms. The Balaban J connectivity index is 2.12. The molecule has 1 heterocycles. The van der Waals surface area contributed by atoms with Crippen LogP contribution in [0, 0.1) is 10.1 Å². The van der Waals surface area contributed by atoms with Crippen molar-refractivity contribution in [1.29, 1.82) is 0 Å². The number of hydrogen-bond donors (Lipinski definition) is 1. The van der Waals surface area contributed by atoms with Crippen LogP contribution < -0.4 is 5.32 Å². The van der Waals surface area contributed by atoms with Crippen molar-refractivity contribution in [2.45, 2.75) is 6.04 Å². The highest BCUT2D eigenvalue weighted by Crippen LogP contribution is 2.27. The summed E-state index contributed by atoms with van der Waals surface area (Å²) < 4.78 is 1.53. The van der Waals surface area contributed by atoms with Crippen LogP contribution in [0.2, 0.25) is 5.02 Å². The molecule has 122 valence electrons. The summed E-state index contributed by atoms with van der Waals surface area (Å²) in [5.74, 6) is 0.481. The molecule has 8 nitrogen and oxygen atoms in total. The number of nitrogens with zero attached hydrogens (tertiary/aromatic N) is 5. The van der Waals surface area contributed by atoms with Gasteiger partial charge in [0, 0.05) is 11.1 Å². The molecule has 0 radical (unpaired) electrons. The van der Waals surface area contributed by atoms with E-state index in [1.165, 1.54) is 10.7 Å². The molecule has 1 atom stereocenters. The van der Waals surface area contributed by atoms with Crippen LogP contribution in [0.5, 0.6) is 0 Å². The van der Waals surface area contributed by atoms with Crippen LogP contribution in [0.4, 0.5) is 5.69 Å². The summed E-state index contributed by atoms with van der Waals surface area (Å²) in [6.07, 6.45) is 0. The SMILES string of the molecule is C[NH2+][C@@H](c1ccccc1[N+](=O)[O-])c1nnnn1-c1cccc(Cl)c1. The van der Waals surface area contributed by atoms with Crippen LogP contribution >= 0.6 is 11.6 Å². The number of nitro groups is 1. The molecule has 3 aromatic rings. The van der Waals surface area contributed by atoms with Gasteiger partial charge >= 0.3 is 0 Å². The van der Waals surface area contributed by atoms with Gasteiger partial charge in [-0.15, -0.1) is 5.10 Å². The molecule has 0 aliphatic carbocycles. The normalized spacial score (nSPS) is 12.1. The second-order valence-electron chi connectivity index (χ2n) is 5.06. The van der Waals surface area contributed by atoms with Gasteiger partial charge in [-0.1, -0.05) is 29.8 Å². The van der Waals surface area contributed by atoms with Gasteiger partial charge in [0.25, 0.3) is 5.69 Å². The monoisotopic (exact) mass is 345 g/mol. The second-order valence-corrected chi connectivity index (χ2v) is 5.49. The summed E-state index contributed by atoms with van der Waals surface area (Å²) in [6.45, 7) is 0. The van der Waals surface area contributed by atoms with E-state index in [1.807, 2.05) is 18.4 Å². The van der Waals surface area contributed by atoms with Crippen LogP contribution in [0.1, 0.15) is 17.4 Å². The number of halogens is 1.